The second kappa shape index (κ2) is 8.63. The number of hydrogen-bond donors (Lipinski definition) is 2. The summed E-state index contributed by atoms with van der Waals surface area (Å²) in [6, 6.07) is 7.34. The minimum Gasteiger partial charge on any atom is -0.495 e. The molecule has 0 aliphatic carbocycles. The fourth-order valence-electron chi connectivity index (χ4n) is 3.56. The summed E-state index contributed by atoms with van der Waals surface area (Å²) in [4.78, 5) is 19.9. The number of ether oxygens (including phenoxy) is 2. The molecular weight excluding hydrogens is 427 g/mol. The van der Waals surface area contributed by atoms with E-state index in [1.54, 1.807) is 12.3 Å². The Labute approximate surface area is 183 Å². The van der Waals surface area contributed by atoms with E-state index < -0.39 is 0 Å². The second-order valence-corrected chi connectivity index (χ2v) is 7.73. The van der Waals surface area contributed by atoms with E-state index in [2.05, 4.69) is 20.6 Å². The number of halogens is 2. The van der Waals surface area contributed by atoms with Crippen molar-refractivity contribution in [2.24, 2.45) is 0 Å². The first-order valence-electron chi connectivity index (χ1n) is 9.36. The van der Waals surface area contributed by atoms with Crippen molar-refractivity contribution in [2.45, 2.75) is 18.5 Å². The Kier molecular flexibility index (Phi) is 5.94. The van der Waals surface area contributed by atoms with Gasteiger partial charge in [-0.05, 0) is 24.1 Å². The van der Waals surface area contributed by atoms with Crippen molar-refractivity contribution in [2.75, 3.05) is 26.1 Å². The summed E-state index contributed by atoms with van der Waals surface area (Å²) < 4.78 is 10.7. The number of aldehydes is 1. The predicted molar refractivity (Wildman–Crippen MR) is 118 cm³/mol. The monoisotopic (exact) mass is 446 g/mol. The molecule has 7 nitrogen and oxygen atoms in total. The zero-order valence-electron chi connectivity index (χ0n) is 16.4. The zero-order chi connectivity index (χ0) is 21.3. The van der Waals surface area contributed by atoms with Crippen LogP contribution in [0.5, 0.6) is 11.5 Å². The molecule has 9 heteroatoms. The molecule has 2 aromatic carbocycles. The maximum absolute atomic E-state index is 10.9. The molecule has 1 fully saturated rings. The number of methoxy groups -OCH3 is 2. The van der Waals surface area contributed by atoms with E-state index in [0.717, 1.165) is 22.8 Å². The smallest absolute Gasteiger partial charge is 0.223 e. The SMILES string of the molecule is COc1cc(OC)c(Cl)c(-c2ccc3nc(N[C@@H]4CN[C@H](C=O)C4)ncc3c2)c1Cl. The highest BCUT2D eigenvalue weighted by Crippen LogP contribution is 2.46. The minimum atomic E-state index is -0.125. The summed E-state index contributed by atoms with van der Waals surface area (Å²) in [5, 5.41) is 8.05. The van der Waals surface area contributed by atoms with Crippen LogP contribution in [0, 0.1) is 0 Å². The van der Waals surface area contributed by atoms with Gasteiger partial charge in [-0.3, -0.25) is 0 Å². The third-order valence-corrected chi connectivity index (χ3v) is 5.86. The number of nitrogens with one attached hydrogen (secondary N) is 2. The average molecular weight is 447 g/mol. The van der Waals surface area contributed by atoms with Gasteiger partial charge in [-0.25, -0.2) is 9.97 Å². The van der Waals surface area contributed by atoms with Crippen LogP contribution in [0.25, 0.3) is 22.0 Å². The number of rotatable bonds is 6. The Bertz CT molecular complexity index is 1080. The normalized spacial score (nSPS) is 18.4. The van der Waals surface area contributed by atoms with Crippen molar-refractivity contribution in [1.82, 2.24) is 15.3 Å². The van der Waals surface area contributed by atoms with Crippen molar-refractivity contribution in [3.8, 4) is 22.6 Å². The molecule has 1 saturated heterocycles. The molecule has 0 unspecified atom stereocenters. The van der Waals surface area contributed by atoms with Gasteiger partial charge in [-0.1, -0.05) is 29.3 Å². The van der Waals surface area contributed by atoms with E-state index in [0.29, 0.717) is 46.0 Å². The standard InChI is InChI=1S/C21H20Cl2N4O3/c1-29-16-7-17(30-2)20(23)18(19(16)22)11-3-4-15-12(5-11)8-25-21(27-15)26-13-6-14(10-28)24-9-13/h3-5,7-8,10,13-14,24H,6,9H2,1-2H3,(H,25,26,27)/t13-,14-/m0/s1. The van der Waals surface area contributed by atoms with Crippen molar-refractivity contribution in [3.05, 3.63) is 40.5 Å². The van der Waals surface area contributed by atoms with Crippen LogP contribution in [-0.4, -0.2) is 49.1 Å². The molecule has 1 aliphatic heterocycles. The van der Waals surface area contributed by atoms with Gasteiger partial charge in [-0.2, -0.15) is 0 Å². The second-order valence-electron chi connectivity index (χ2n) is 6.98. The number of anilines is 1. The summed E-state index contributed by atoms with van der Waals surface area (Å²) in [6.07, 6.45) is 3.37. The molecule has 2 atom stereocenters. The quantitative estimate of drug-likeness (QED) is 0.554. The van der Waals surface area contributed by atoms with Crippen LogP contribution in [0.2, 0.25) is 10.0 Å². The predicted octanol–water partition coefficient (Wildman–Crippen LogP) is 3.96. The average Bonchev–Trinajstić information content (AvgIpc) is 3.21. The Morgan fingerprint density at radius 1 is 1.17 bits per heavy atom. The van der Waals surface area contributed by atoms with Crippen LogP contribution in [-0.2, 0) is 4.79 Å². The molecule has 0 amide bonds. The summed E-state index contributed by atoms with van der Waals surface area (Å²) >= 11 is 13.1. The molecule has 4 rings (SSSR count). The maximum Gasteiger partial charge on any atom is 0.223 e. The van der Waals surface area contributed by atoms with E-state index in [9.17, 15) is 4.79 Å². The van der Waals surface area contributed by atoms with Gasteiger partial charge in [0, 0.05) is 35.8 Å². The summed E-state index contributed by atoms with van der Waals surface area (Å²) in [6.45, 7) is 0.693. The summed E-state index contributed by atoms with van der Waals surface area (Å²) in [5.74, 6) is 1.47. The number of aromatic nitrogens is 2. The molecule has 30 heavy (non-hydrogen) atoms. The van der Waals surface area contributed by atoms with Gasteiger partial charge in [0.1, 0.15) is 17.8 Å². The number of hydrogen-bond acceptors (Lipinski definition) is 7. The van der Waals surface area contributed by atoms with Gasteiger partial charge < -0.3 is 24.9 Å². The molecule has 2 heterocycles. The number of nitrogens with zero attached hydrogens (tertiary/aromatic N) is 2. The third-order valence-electron chi connectivity index (χ3n) is 5.10. The van der Waals surface area contributed by atoms with Crippen LogP contribution in [0.1, 0.15) is 6.42 Å². The van der Waals surface area contributed by atoms with Gasteiger partial charge in [0.05, 0.1) is 35.8 Å². The van der Waals surface area contributed by atoms with Crippen molar-refractivity contribution < 1.29 is 14.3 Å². The van der Waals surface area contributed by atoms with Gasteiger partial charge in [-0.15, -0.1) is 0 Å². The van der Waals surface area contributed by atoms with E-state index in [4.69, 9.17) is 32.7 Å². The Morgan fingerprint density at radius 3 is 2.53 bits per heavy atom. The van der Waals surface area contributed by atoms with Gasteiger partial charge in [0.15, 0.2) is 0 Å². The first-order valence-corrected chi connectivity index (χ1v) is 10.1. The first kappa shape index (κ1) is 20.7. The molecule has 0 saturated carbocycles. The fraction of sp³-hybridized carbons (Fsp3) is 0.286. The molecule has 0 bridgehead atoms. The lowest BCUT2D eigenvalue weighted by molar-refractivity contribution is -0.109. The van der Waals surface area contributed by atoms with Crippen molar-refractivity contribution in [3.63, 3.8) is 0 Å². The highest BCUT2D eigenvalue weighted by molar-refractivity contribution is 6.41. The lowest BCUT2D eigenvalue weighted by Gasteiger charge is -2.15. The molecule has 3 aromatic rings. The van der Waals surface area contributed by atoms with Crippen molar-refractivity contribution in [1.29, 1.82) is 0 Å². The fourth-order valence-corrected chi connectivity index (χ4v) is 4.28. The lowest BCUT2D eigenvalue weighted by atomic mass is 10.0. The Balaban J connectivity index is 1.67. The van der Waals surface area contributed by atoms with Gasteiger partial charge in [0.2, 0.25) is 5.95 Å². The highest BCUT2D eigenvalue weighted by Gasteiger charge is 2.24. The van der Waals surface area contributed by atoms with Gasteiger partial charge >= 0.3 is 0 Å². The Hall–Kier alpha value is -2.61. The molecule has 1 aromatic heterocycles. The first-order chi connectivity index (χ1) is 14.5. The molecule has 0 radical (unpaired) electrons. The zero-order valence-corrected chi connectivity index (χ0v) is 17.9. The Morgan fingerprint density at radius 2 is 1.90 bits per heavy atom. The van der Waals surface area contributed by atoms with E-state index >= 15 is 0 Å². The molecule has 156 valence electrons. The van der Waals surface area contributed by atoms with E-state index in [1.165, 1.54) is 14.2 Å². The summed E-state index contributed by atoms with van der Waals surface area (Å²) in [7, 11) is 3.08. The summed E-state index contributed by atoms with van der Waals surface area (Å²) in [5.41, 5.74) is 2.19. The lowest BCUT2D eigenvalue weighted by Crippen LogP contribution is -2.24. The number of carbonyl (C=O) groups excluding carboxylic acids is 1. The number of carbonyl (C=O) groups is 1. The molecule has 0 spiro atoms. The third kappa shape index (κ3) is 3.88. The van der Waals surface area contributed by atoms with Gasteiger partial charge in [0.25, 0.3) is 0 Å². The number of benzene rings is 2. The van der Waals surface area contributed by atoms with Crippen LogP contribution < -0.4 is 20.1 Å². The highest BCUT2D eigenvalue weighted by atomic mass is 35.5. The maximum atomic E-state index is 10.9. The van der Waals surface area contributed by atoms with Crippen LogP contribution >= 0.6 is 23.2 Å². The van der Waals surface area contributed by atoms with E-state index in [-0.39, 0.29) is 12.1 Å². The van der Waals surface area contributed by atoms with Crippen LogP contribution in [0.4, 0.5) is 5.95 Å². The van der Waals surface area contributed by atoms with E-state index in [1.807, 2.05) is 18.2 Å². The van der Waals surface area contributed by atoms with Crippen LogP contribution in [0.3, 0.4) is 0 Å². The number of fused-ring (bicyclic) bond motifs is 1. The largest absolute Gasteiger partial charge is 0.495 e. The molecule has 2 N–H and O–H groups in total. The minimum absolute atomic E-state index is 0.110. The van der Waals surface area contributed by atoms with Crippen molar-refractivity contribution >= 4 is 46.3 Å². The molecular formula is C21H20Cl2N4O3. The van der Waals surface area contributed by atoms with Crippen LogP contribution in [0.15, 0.2) is 30.5 Å². The topological polar surface area (TPSA) is 85.4 Å². The molecule has 1 aliphatic rings.